The maximum Gasteiger partial charge on any atom is 0.195 e. The van der Waals surface area contributed by atoms with Gasteiger partial charge in [0.1, 0.15) is 5.75 Å². The van der Waals surface area contributed by atoms with Crippen LogP contribution in [0.2, 0.25) is 0 Å². The molecule has 0 radical (unpaired) electrons. The zero-order chi connectivity index (χ0) is 16.1. The molecule has 0 heterocycles. The lowest BCUT2D eigenvalue weighted by atomic mass is 10.0. The highest BCUT2D eigenvalue weighted by Gasteiger charge is 2.14. The summed E-state index contributed by atoms with van der Waals surface area (Å²) in [7, 11) is 0. The molecule has 0 aliphatic heterocycles. The summed E-state index contributed by atoms with van der Waals surface area (Å²) in [5, 5.41) is 18.0. The monoisotopic (exact) mass is 302 g/mol. The number of ketones is 1. The Morgan fingerprint density at radius 3 is 2.13 bits per heavy atom. The topological polar surface area (TPSA) is 62.0 Å². The van der Waals surface area contributed by atoms with E-state index in [9.17, 15) is 9.90 Å². The number of benzene rings is 3. The van der Waals surface area contributed by atoms with Crippen molar-refractivity contribution >= 4 is 17.2 Å². The number of hydrogen-bond donors (Lipinski definition) is 1. The first-order valence-electron chi connectivity index (χ1n) is 7.13. The van der Waals surface area contributed by atoms with Gasteiger partial charge in [0.15, 0.2) is 5.78 Å². The smallest absolute Gasteiger partial charge is 0.195 e. The fraction of sp³-hybridized carbons (Fsp3) is 0. The first-order valence-corrected chi connectivity index (χ1v) is 7.13. The van der Waals surface area contributed by atoms with Crippen LogP contribution in [0.5, 0.6) is 5.75 Å². The average Bonchev–Trinajstić information content (AvgIpc) is 2.61. The van der Waals surface area contributed by atoms with Crippen LogP contribution in [0.4, 0.5) is 11.4 Å². The normalized spacial score (nSPS) is 10.8. The summed E-state index contributed by atoms with van der Waals surface area (Å²) in [5.41, 5.74) is 1.96. The first-order chi connectivity index (χ1) is 11.2. The van der Waals surface area contributed by atoms with Crippen molar-refractivity contribution in [1.29, 1.82) is 0 Å². The molecule has 0 bridgehead atoms. The molecule has 4 heteroatoms. The lowest BCUT2D eigenvalue weighted by Crippen LogP contribution is -2.01. The number of hydrogen-bond acceptors (Lipinski definition) is 4. The molecule has 0 saturated heterocycles. The van der Waals surface area contributed by atoms with Gasteiger partial charge in [-0.1, -0.05) is 48.5 Å². The number of rotatable bonds is 4. The molecule has 0 saturated carbocycles. The van der Waals surface area contributed by atoms with Gasteiger partial charge in [0, 0.05) is 5.56 Å². The number of azo groups is 1. The molecule has 0 spiro atoms. The number of carbonyl (C=O) groups excluding carboxylic acids is 1. The summed E-state index contributed by atoms with van der Waals surface area (Å²) in [6, 6.07) is 22.6. The van der Waals surface area contributed by atoms with E-state index >= 15 is 0 Å². The molecule has 4 nitrogen and oxygen atoms in total. The predicted molar refractivity (Wildman–Crippen MR) is 88.6 cm³/mol. The summed E-state index contributed by atoms with van der Waals surface area (Å²) < 4.78 is 0. The number of phenolic OH excluding ortho intramolecular Hbond substituents is 1. The Labute approximate surface area is 133 Å². The fourth-order valence-electron chi connectivity index (χ4n) is 2.14. The van der Waals surface area contributed by atoms with E-state index in [4.69, 9.17) is 0 Å². The molecule has 3 aromatic carbocycles. The van der Waals surface area contributed by atoms with Crippen molar-refractivity contribution in [3.63, 3.8) is 0 Å². The molecule has 3 aromatic rings. The van der Waals surface area contributed by atoms with Crippen molar-refractivity contribution in [3.05, 3.63) is 90.0 Å². The predicted octanol–water partition coefficient (Wildman–Crippen LogP) is 5.04. The van der Waals surface area contributed by atoms with Gasteiger partial charge < -0.3 is 5.11 Å². The van der Waals surface area contributed by atoms with Crippen molar-refractivity contribution in [2.45, 2.75) is 0 Å². The summed E-state index contributed by atoms with van der Waals surface area (Å²) in [6.07, 6.45) is 0. The van der Waals surface area contributed by atoms with Crippen molar-refractivity contribution in [3.8, 4) is 5.75 Å². The van der Waals surface area contributed by atoms with E-state index in [1.54, 1.807) is 30.3 Å². The second-order valence-corrected chi connectivity index (χ2v) is 4.93. The van der Waals surface area contributed by atoms with Crippen LogP contribution in [0.1, 0.15) is 15.9 Å². The molecule has 0 amide bonds. The molecule has 0 aliphatic carbocycles. The highest BCUT2D eigenvalue weighted by atomic mass is 16.3. The van der Waals surface area contributed by atoms with E-state index in [1.165, 1.54) is 12.1 Å². The molecular formula is C19H14N2O2. The van der Waals surface area contributed by atoms with Gasteiger partial charge in [-0.3, -0.25) is 4.79 Å². The Hall–Kier alpha value is -3.27. The summed E-state index contributed by atoms with van der Waals surface area (Å²) in [5.74, 6) is -0.188. The molecule has 0 aromatic heterocycles. The van der Waals surface area contributed by atoms with Crippen LogP contribution in [0.15, 0.2) is 89.1 Å². The van der Waals surface area contributed by atoms with Gasteiger partial charge in [-0.05, 0) is 30.3 Å². The molecule has 0 aliphatic rings. The molecule has 0 atom stereocenters. The quantitative estimate of drug-likeness (QED) is 0.542. The second-order valence-electron chi connectivity index (χ2n) is 4.93. The lowest BCUT2D eigenvalue weighted by molar-refractivity contribution is 0.103. The summed E-state index contributed by atoms with van der Waals surface area (Å²) >= 11 is 0. The van der Waals surface area contributed by atoms with E-state index in [0.29, 0.717) is 22.5 Å². The Morgan fingerprint density at radius 2 is 1.43 bits per heavy atom. The number of carbonyl (C=O) groups is 1. The fourth-order valence-corrected chi connectivity index (χ4v) is 2.14. The minimum absolute atomic E-state index is 0.0166. The third kappa shape index (κ3) is 3.49. The number of phenols is 1. The summed E-state index contributed by atoms with van der Waals surface area (Å²) in [4.78, 5) is 12.6. The van der Waals surface area contributed by atoms with Crippen molar-refractivity contribution in [2.24, 2.45) is 10.2 Å². The molecule has 1 N–H and O–H groups in total. The maximum absolute atomic E-state index is 12.6. The van der Waals surface area contributed by atoms with Gasteiger partial charge in [-0.2, -0.15) is 5.11 Å². The van der Waals surface area contributed by atoms with E-state index in [1.807, 2.05) is 36.4 Å². The summed E-state index contributed by atoms with van der Waals surface area (Å²) in [6.45, 7) is 0. The maximum atomic E-state index is 12.6. The molecule has 3 rings (SSSR count). The van der Waals surface area contributed by atoms with Crippen LogP contribution in [0, 0.1) is 0 Å². The van der Waals surface area contributed by atoms with Crippen LogP contribution < -0.4 is 0 Å². The highest BCUT2D eigenvalue weighted by molar-refractivity contribution is 6.12. The molecule has 23 heavy (non-hydrogen) atoms. The van der Waals surface area contributed by atoms with Gasteiger partial charge in [-0.15, -0.1) is 5.11 Å². The second kappa shape index (κ2) is 6.66. The largest absolute Gasteiger partial charge is 0.508 e. The Balaban J connectivity index is 1.99. The van der Waals surface area contributed by atoms with Crippen LogP contribution in [-0.4, -0.2) is 10.9 Å². The third-order valence-corrected chi connectivity index (χ3v) is 3.29. The third-order valence-electron chi connectivity index (χ3n) is 3.29. The molecule has 0 unspecified atom stereocenters. The minimum Gasteiger partial charge on any atom is -0.508 e. The van der Waals surface area contributed by atoms with E-state index in [2.05, 4.69) is 10.2 Å². The van der Waals surface area contributed by atoms with Crippen molar-refractivity contribution in [2.75, 3.05) is 0 Å². The Bertz CT molecular complexity index is 844. The van der Waals surface area contributed by atoms with Gasteiger partial charge in [-0.25, -0.2) is 0 Å². The van der Waals surface area contributed by atoms with E-state index < -0.39 is 0 Å². The SMILES string of the molecule is O=C(c1ccccc1)c1cc(O)ccc1N=Nc1ccccc1. The lowest BCUT2D eigenvalue weighted by Gasteiger charge is -2.05. The van der Waals surface area contributed by atoms with Crippen LogP contribution >= 0.6 is 0 Å². The zero-order valence-electron chi connectivity index (χ0n) is 12.3. The number of aromatic hydroxyl groups is 1. The number of nitrogens with zero attached hydrogens (tertiary/aromatic N) is 2. The van der Waals surface area contributed by atoms with Gasteiger partial charge in [0.05, 0.1) is 16.9 Å². The van der Waals surface area contributed by atoms with E-state index in [-0.39, 0.29) is 11.5 Å². The van der Waals surface area contributed by atoms with Crippen molar-refractivity contribution < 1.29 is 9.90 Å². The minimum atomic E-state index is -0.205. The molecule has 0 fully saturated rings. The van der Waals surface area contributed by atoms with Crippen LogP contribution in [0.3, 0.4) is 0 Å². The highest BCUT2D eigenvalue weighted by Crippen LogP contribution is 2.28. The average molecular weight is 302 g/mol. The molecular weight excluding hydrogens is 288 g/mol. The van der Waals surface area contributed by atoms with Crippen LogP contribution in [0.25, 0.3) is 0 Å². The van der Waals surface area contributed by atoms with Gasteiger partial charge in [0.2, 0.25) is 0 Å². The Kier molecular flexibility index (Phi) is 4.25. The zero-order valence-corrected chi connectivity index (χ0v) is 12.3. The Morgan fingerprint density at radius 1 is 0.783 bits per heavy atom. The first kappa shape index (κ1) is 14.7. The van der Waals surface area contributed by atoms with Crippen molar-refractivity contribution in [1.82, 2.24) is 0 Å². The molecule has 112 valence electrons. The van der Waals surface area contributed by atoms with Crippen LogP contribution in [-0.2, 0) is 0 Å². The standard InChI is InChI=1S/C19H14N2O2/c22-16-11-12-18(21-20-15-9-5-2-6-10-15)17(13-16)19(23)14-7-3-1-4-8-14/h1-13,22H. The van der Waals surface area contributed by atoms with E-state index in [0.717, 1.165) is 0 Å². The van der Waals surface area contributed by atoms with Gasteiger partial charge >= 0.3 is 0 Å². The van der Waals surface area contributed by atoms with Gasteiger partial charge in [0.25, 0.3) is 0 Å².